The molecule has 0 saturated carbocycles. The van der Waals surface area contributed by atoms with E-state index in [0.717, 1.165) is 24.7 Å². The molecule has 0 saturated heterocycles. The van der Waals surface area contributed by atoms with Crippen molar-refractivity contribution in [2.75, 3.05) is 5.73 Å². The number of nitrogens with zero attached hydrogens (tertiary/aromatic N) is 1. The zero-order valence-electron chi connectivity index (χ0n) is 10.6. The lowest BCUT2D eigenvalue weighted by atomic mass is 10.0. The molecule has 1 aromatic heterocycles. The van der Waals surface area contributed by atoms with E-state index in [0.29, 0.717) is 16.6 Å². The van der Waals surface area contributed by atoms with Crippen LogP contribution >= 0.6 is 50.1 Å². The smallest absolute Gasteiger partial charge is 0.176 e. The second-order valence-corrected chi connectivity index (χ2v) is 6.90. The van der Waals surface area contributed by atoms with Crippen molar-refractivity contribution in [1.29, 1.82) is 0 Å². The monoisotopic (exact) mass is 474 g/mol. The SMILES string of the molecule is Nc1noc(-c2ccc(I)c(Cl)c2)c1-c1cccc(Br)c1. The molecule has 2 N–H and O–H groups in total. The van der Waals surface area contributed by atoms with Crippen LogP contribution in [0.5, 0.6) is 0 Å². The Morgan fingerprint density at radius 3 is 2.67 bits per heavy atom. The highest BCUT2D eigenvalue weighted by Gasteiger charge is 2.18. The largest absolute Gasteiger partial charge is 0.380 e. The molecule has 0 unspecified atom stereocenters. The number of anilines is 1. The van der Waals surface area contributed by atoms with Gasteiger partial charge in [0.2, 0.25) is 0 Å². The van der Waals surface area contributed by atoms with E-state index >= 15 is 0 Å². The van der Waals surface area contributed by atoms with Gasteiger partial charge in [0.1, 0.15) is 0 Å². The molecular weight excluding hydrogens is 466 g/mol. The van der Waals surface area contributed by atoms with Gasteiger partial charge in [0.15, 0.2) is 11.6 Å². The molecule has 6 heteroatoms. The Morgan fingerprint density at radius 2 is 1.95 bits per heavy atom. The van der Waals surface area contributed by atoms with Gasteiger partial charge in [-0.2, -0.15) is 0 Å². The minimum absolute atomic E-state index is 0.359. The quantitative estimate of drug-likeness (QED) is 0.490. The summed E-state index contributed by atoms with van der Waals surface area (Å²) in [4.78, 5) is 0. The molecule has 0 aliphatic heterocycles. The zero-order chi connectivity index (χ0) is 15.0. The van der Waals surface area contributed by atoms with E-state index in [1.807, 2.05) is 42.5 Å². The molecule has 0 radical (unpaired) electrons. The van der Waals surface area contributed by atoms with Crippen LogP contribution in [0.25, 0.3) is 22.5 Å². The highest BCUT2D eigenvalue weighted by atomic mass is 127. The van der Waals surface area contributed by atoms with Crippen LogP contribution in [0.15, 0.2) is 51.5 Å². The second kappa shape index (κ2) is 5.98. The topological polar surface area (TPSA) is 52.0 Å². The number of aromatic nitrogens is 1. The normalized spacial score (nSPS) is 10.8. The van der Waals surface area contributed by atoms with Crippen LogP contribution in [0, 0.1) is 3.57 Å². The molecule has 1 heterocycles. The van der Waals surface area contributed by atoms with Crippen molar-refractivity contribution in [2.45, 2.75) is 0 Å². The molecule has 0 spiro atoms. The fraction of sp³-hybridized carbons (Fsp3) is 0. The van der Waals surface area contributed by atoms with Crippen LogP contribution in [-0.4, -0.2) is 5.16 Å². The van der Waals surface area contributed by atoms with E-state index in [9.17, 15) is 0 Å². The van der Waals surface area contributed by atoms with Gasteiger partial charge in [-0.3, -0.25) is 0 Å². The second-order valence-electron chi connectivity index (χ2n) is 4.41. The minimum Gasteiger partial charge on any atom is -0.380 e. The Kier molecular flexibility index (Phi) is 4.24. The van der Waals surface area contributed by atoms with Crippen molar-refractivity contribution < 1.29 is 4.52 Å². The Balaban J connectivity index is 2.19. The summed E-state index contributed by atoms with van der Waals surface area (Å²) in [5.74, 6) is 0.974. The zero-order valence-corrected chi connectivity index (χ0v) is 15.1. The van der Waals surface area contributed by atoms with Gasteiger partial charge in [-0.05, 0) is 58.5 Å². The molecule has 0 amide bonds. The van der Waals surface area contributed by atoms with Gasteiger partial charge >= 0.3 is 0 Å². The third-order valence-corrected chi connectivity index (χ3v) is 5.08. The van der Waals surface area contributed by atoms with Crippen LogP contribution in [0.3, 0.4) is 0 Å². The van der Waals surface area contributed by atoms with Crippen molar-refractivity contribution in [3.8, 4) is 22.5 Å². The van der Waals surface area contributed by atoms with Crippen LogP contribution < -0.4 is 5.73 Å². The average molecular weight is 476 g/mol. The summed E-state index contributed by atoms with van der Waals surface area (Å²) in [6.45, 7) is 0. The van der Waals surface area contributed by atoms with Crippen molar-refractivity contribution in [3.63, 3.8) is 0 Å². The van der Waals surface area contributed by atoms with E-state index in [-0.39, 0.29) is 0 Å². The lowest BCUT2D eigenvalue weighted by Crippen LogP contribution is -1.89. The van der Waals surface area contributed by atoms with Gasteiger partial charge in [-0.25, -0.2) is 0 Å². The van der Waals surface area contributed by atoms with Crippen molar-refractivity contribution >= 4 is 55.9 Å². The van der Waals surface area contributed by atoms with Gasteiger partial charge < -0.3 is 10.3 Å². The molecule has 3 aromatic rings. The van der Waals surface area contributed by atoms with Crippen molar-refractivity contribution in [3.05, 3.63) is 55.5 Å². The first-order chi connectivity index (χ1) is 10.1. The van der Waals surface area contributed by atoms with Gasteiger partial charge in [0.25, 0.3) is 0 Å². The predicted molar refractivity (Wildman–Crippen MR) is 97.2 cm³/mol. The molecule has 3 rings (SSSR count). The molecule has 106 valence electrons. The maximum Gasteiger partial charge on any atom is 0.176 e. The molecule has 21 heavy (non-hydrogen) atoms. The van der Waals surface area contributed by atoms with Gasteiger partial charge in [-0.15, -0.1) is 0 Å². The Labute approximate surface area is 148 Å². The van der Waals surface area contributed by atoms with Crippen LogP contribution in [0.1, 0.15) is 0 Å². The third kappa shape index (κ3) is 2.95. The van der Waals surface area contributed by atoms with Gasteiger partial charge in [-0.1, -0.05) is 44.8 Å². The summed E-state index contributed by atoms with van der Waals surface area (Å²) < 4.78 is 7.37. The Bertz CT molecular complexity index is 819. The molecular formula is C15H9BrClIN2O. The summed E-state index contributed by atoms with van der Waals surface area (Å²) in [5, 5.41) is 4.56. The molecule has 0 aliphatic carbocycles. The Hall–Kier alpha value is -1.05. The number of halogens is 3. The number of hydrogen-bond acceptors (Lipinski definition) is 3. The molecule has 0 bridgehead atoms. The molecule has 3 nitrogen and oxygen atoms in total. The van der Waals surface area contributed by atoms with Crippen LogP contribution in [-0.2, 0) is 0 Å². The summed E-state index contributed by atoms with van der Waals surface area (Å²) >= 11 is 11.8. The van der Waals surface area contributed by atoms with E-state index < -0.39 is 0 Å². The highest BCUT2D eigenvalue weighted by Crippen LogP contribution is 2.38. The molecule has 0 aliphatic rings. The maximum absolute atomic E-state index is 6.19. The third-order valence-electron chi connectivity index (χ3n) is 3.01. The van der Waals surface area contributed by atoms with Crippen molar-refractivity contribution in [2.24, 2.45) is 0 Å². The van der Waals surface area contributed by atoms with Gasteiger partial charge in [0, 0.05) is 13.6 Å². The van der Waals surface area contributed by atoms with E-state index in [1.165, 1.54) is 0 Å². The first kappa shape index (κ1) is 14.9. The first-order valence-corrected chi connectivity index (χ1v) is 8.28. The number of rotatable bonds is 2. The number of hydrogen-bond donors (Lipinski definition) is 1. The fourth-order valence-electron chi connectivity index (χ4n) is 2.06. The van der Waals surface area contributed by atoms with Crippen molar-refractivity contribution in [1.82, 2.24) is 5.16 Å². The lowest BCUT2D eigenvalue weighted by Gasteiger charge is -2.05. The van der Waals surface area contributed by atoms with E-state index in [1.54, 1.807) is 0 Å². The average Bonchev–Trinajstić information content (AvgIpc) is 2.84. The molecule has 2 aromatic carbocycles. The maximum atomic E-state index is 6.19. The summed E-state index contributed by atoms with van der Waals surface area (Å²) in [6.07, 6.45) is 0. The Morgan fingerprint density at radius 1 is 1.14 bits per heavy atom. The highest BCUT2D eigenvalue weighted by molar-refractivity contribution is 14.1. The first-order valence-electron chi connectivity index (χ1n) is 6.03. The van der Waals surface area contributed by atoms with E-state index in [2.05, 4.69) is 43.7 Å². The summed E-state index contributed by atoms with van der Waals surface area (Å²) in [5.41, 5.74) is 8.53. The minimum atomic E-state index is 0.359. The lowest BCUT2D eigenvalue weighted by molar-refractivity contribution is 0.436. The van der Waals surface area contributed by atoms with Gasteiger partial charge in [0.05, 0.1) is 10.6 Å². The summed E-state index contributed by atoms with van der Waals surface area (Å²) in [7, 11) is 0. The predicted octanol–water partition coefficient (Wildman–Crippen LogP) is 5.61. The number of nitrogen functional groups attached to an aromatic ring is 1. The molecule has 0 fully saturated rings. The van der Waals surface area contributed by atoms with Crippen LogP contribution in [0.2, 0.25) is 5.02 Å². The fourth-order valence-corrected chi connectivity index (χ4v) is 2.98. The van der Waals surface area contributed by atoms with Crippen LogP contribution in [0.4, 0.5) is 5.82 Å². The standard InChI is InChI=1S/C15H9BrClIN2O/c16-10-3-1-2-8(6-10)13-14(21-20-15(13)19)9-4-5-12(18)11(17)7-9/h1-7H,(H2,19,20). The molecule has 0 atom stereocenters. The van der Waals surface area contributed by atoms with E-state index in [4.69, 9.17) is 21.9 Å². The summed E-state index contributed by atoms with van der Waals surface area (Å²) in [6, 6.07) is 13.6. The number of nitrogens with two attached hydrogens (primary N) is 1. The number of benzene rings is 2.